The van der Waals surface area contributed by atoms with Crippen molar-refractivity contribution in [2.75, 3.05) is 33.4 Å². The third-order valence-electron chi connectivity index (χ3n) is 6.39. The molecule has 1 aliphatic heterocycles. The highest BCUT2D eigenvalue weighted by molar-refractivity contribution is 5.95. The van der Waals surface area contributed by atoms with Crippen LogP contribution in [-0.4, -0.2) is 78.5 Å². The van der Waals surface area contributed by atoms with Crippen molar-refractivity contribution < 1.29 is 28.9 Å². The topological polar surface area (TPSA) is 88.5 Å². The molecule has 8 nitrogen and oxygen atoms in total. The van der Waals surface area contributed by atoms with Crippen LogP contribution >= 0.6 is 0 Å². The molecule has 184 valence electrons. The van der Waals surface area contributed by atoms with Gasteiger partial charge in [0.15, 0.2) is 11.5 Å². The highest BCUT2D eigenvalue weighted by Crippen LogP contribution is 2.34. The Morgan fingerprint density at radius 3 is 2.55 bits per heavy atom. The van der Waals surface area contributed by atoms with Gasteiger partial charge in [-0.15, -0.1) is 0 Å². The summed E-state index contributed by atoms with van der Waals surface area (Å²) in [5, 5.41) is 9.42. The number of nitrogens with zero attached hydrogens (tertiary/aromatic N) is 2. The average Bonchev–Trinajstić information content (AvgIpc) is 3.31. The molecular weight excluding hydrogens is 424 g/mol. The van der Waals surface area contributed by atoms with Crippen molar-refractivity contribution in [3.8, 4) is 11.5 Å². The van der Waals surface area contributed by atoms with Crippen LogP contribution < -0.4 is 9.47 Å². The van der Waals surface area contributed by atoms with Gasteiger partial charge in [0.25, 0.3) is 5.91 Å². The van der Waals surface area contributed by atoms with E-state index in [-0.39, 0.29) is 24.1 Å². The third-order valence-corrected chi connectivity index (χ3v) is 6.39. The second-order valence-corrected chi connectivity index (χ2v) is 9.21. The van der Waals surface area contributed by atoms with Crippen molar-refractivity contribution in [1.82, 2.24) is 9.80 Å². The van der Waals surface area contributed by atoms with E-state index in [9.17, 15) is 14.7 Å². The van der Waals surface area contributed by atoms with Crippen molar-refractivity contribution in [3.63, 3.8) is 0 Å². The maximum atomic E-state index is 13.6. The summed E-state index contributed by atoms with van der Waals surface area (Å²) in [5.41, 5.74) is 0.525. The zero-order chi connectivity index (χ0) is 23.8. The van der Waals surface area contributed by atoms with Crippen molar-refractivity contribution in [3.05, 3.63) is 23.8 Å². The molecular formula is C25H38N2O6. The van der Waals surface area contributed by atoms with Gasteiger partial charge >= 0.3 is 6.09 Å². The fraction of sp³-hybridized carbons (Fsp3) is 0.680. The first-order chi connectivity index (χ1) is 15.9. The summed E-state index contributed by atoms with van der Waals surface area (Å²) in [5.74, 6) is 1.13. The average molecular weight is 463 g/mol. The number of hydrogen-bond donors (Lipinski definition) is 1. The molecule has 0 aromatic heterocycles. The summed E-state index contributed by atoms with van der Waals surface area (Å²) in [7, 11) is 1.66. The molecule has 1 aromatic carbocycles. The number of rotatable bonds is 10. The number of carboxylic acid groups (broad SMARTS) is 1. The predicted octanol–water partition coefficient (Wildman–Crippen LogP) is 4.42. The van der Waals surface area contributed by atoms with Crippen molar-refractivity contribution in [2.45, 2.75) is 77.0 Å². The maximum Gasteiger partial charge on any atom is 0.407 e. The maximum absolute atomic E-state index is 13.6. The molecule has 1 atom stereocenters. The smallest absolute Gasteiger partial charge is 0.407 e. The van der Waals surface area contributed by atoms with Crippen LogP contribution in [0.15, 0.2) is 18.2 Å². The fourth-order valence-corrected chi connectivity index (χ4v) is 4.75. The monoisotopic (exact) mass is 462 g/mol. The fourth-order valence-electron chi connectivity index (χ4n) is 4.75. The molecule has 0 spiro atoms. The number of piperidine rings is 1. The zero-order valence-corrected chi connectivity index (χ0v) is 20.1. The Bertz CT molecular complexity index is 793. The minimum Gasteiger partial charge on any atom is -0.490 e. The predicted molar refractivity (Wildman–Crippen MR) is 125 cm³/mol. The molecule has 2 fully saturated rings. The minimum absolute atomic E-state index is 0.0586. The van der Waals surface area contributed by atoms with Crippen LogP contribution in [0, 0.1) is 0 Å². The van der Waals surface area contributed by atoms with E-state index in [0.29, 0.717) is 43.4 Å². The van der Waals surface area contributed by atoms with E-state index in [1.54, 1.807) is 19.2 Å². The molecule has 8 heteroatoms. The summed E-state index contributed by atoms with van der Waals surface area (Å²) in [6.07, 6.45) is 5.93. The number of carbonyl (C=O) groups excluding carboxylic acids is 1. The Labute approximate surface area is 196 Å². The number of carbonyl (C=O) groups is 2. The van der Waals surface area contributed by atoms with Crippen LogP contribution in [0.4, 0.5) is 4.79 Å². The number of hydrogen-bond acceptors (Lipinski definition) is 5. The van der Waals surface area contributed by atoms with Gasteiger partial charge in [-0.1, -0.05) is 0 Å². The number of ether oxygens (including phenoxy) is 3. The first kappa shape index (κ1) is 25.1. The largest absolute Gasteiger partial charge is 0.490 e. The standard InChI is InChI=1S/C25H38N2O6/c1-18(2)27(20-8-6-13-26(17-20)25(29)30)24(28)19-11-12-22(33-21-9-4-5-10-21)23(16-19)32-15-7-14-31-3/h11-12,16,18,20-21H,4-10,13-15,17H2,1-3H3,(H,29,30)/t20-/m1/s1. The zero-order valence-electron chi connectivity index (χ0n) is 20.1. The van der Waals surface area contributed by atoms with Gasteiger partial charge in [0, 0.05) is 44.8 Å². The van der Waals surface area contributed by atoms with E-state index in [1.165, 1.54) is 17.7 Å². The first-order valence-corrected chi connectivity index (χ1v) is 12.1. The number of benzene rings is 1. The molecule has 2 amide bonds. The van der Waals surface area contributed by atoms with Gasteiger partial charge in [0.05, 0.1) is 18.8 Å². The van der Waals surface area contributed by atoms with Gasteiger partial charge in [-0.2, -0.15) is 0 Å². The molecule has 1 heterocycles. The molecule has 1 aliphatic carbocycles. The molecule has 1 N–H and O–H groups in total. The summed E-state index contributed by atoms with van der Waals surface area (Å²) in [6, 6.07) is 5.19. The van der Waals surface area contributed by atoms with Gasteiger partial charge in [0.1, 0.15) is 0 Å². The molecule has 1 saturated carbocycles. The third kappa shape index (κ3) is 6.76. The number of likely N-dealkylation sites (tertiary alicyclic amines) is 1. The lowest BCUT2D eigenvalue weighted by Crippen LogP contribution is -2.53. The summed E-state index contributed by atoms with van der Waals surface area (Å²) in [4.78, 5) is 28.3. The van der Waals surface area contributed by atoms with Crippen molar-refractivity contribution in [1.29, 1.82) is 0 Å². The molecule has 0 radical (unpaired) electrons. The molecule has 2 aliphatic rings. The SMILES string of the molecule is COCCCOc1cc(C(=O)N(C(C)C)[C@@H]2CCCN(C(=O)O)C2)ccc1OC1CCCC1. The molecule has 0 unspecified atom stereocenters. The number of methoxy groups -OCH3 is 1. The van der Waals surface area contributed by atoms with Crippen LogP contribution in [0.3, 0.4) is 0 Å². The Kier molecular flexibility index (Phi) is 9.23. The minimum atomic E-state index is -0.934. The highest BCUT2D eigenvalue weighted by atomic mass is 16.5. The molecule has 0 bridgehead atoms. The lowest BCUT2D eigenvalue weighted by Gasteiger charge is -2.40. The van der Waals surface area contributed by atoms with E-state index in [2.05, 4.69) is 0 Å². The van der Waals surface area contributed by atoms with Crippen LogP contribution in [0.1, 0.15) is 69.2 Å². The van der Waals surface area contributed by atoms with Crippen molar-refractivity contribution in [2.24, 2.45) is 0 Å². The second-order valence-electron chi connectivity index (χ2n) is 9.21. The summed E-state index contributed by atoms with van der Waals surface area (Å²) >= 11 is 0. The van der Waals surface area contributed by atoms with Crippen LogP contribution in [0.5, 0.6) is 11.5 Å². The Hall–Kier alpha value is -2.48. The summed E-state index contributed by atoms with van der Waals surface area (Å²) < 4.78 is 17.3. The van der Waals surface area contributed by atoms with E-state index in [0.717, 1.165) is 32.1 Å². The lowest BCUT2D eigenvalue weighted by atomic mass is 10.0. The molecule has 33 heavy (non-hydrogen) atoms. The highest BCUT2D eigenvalue weighted by Gasteiger charge is 2.33. The Morgan fingerprint density at radius 1 is 1.12 bits per heavy atom. The number of amides is 2. The molecule has 1 aromatic rings. The van der Waals surface area contributed by atoms with Gasteiger partial charge in [-0.05, 0) is 70.6 Å². The quantitative estimate of drug-likeness (QED) is 0.518. The summed E-state index contributed by atoms with van der Waals surface area (Å²) in [6.45, 7) is 5.85. The first-order valence-electron chi connectivity index (χ1n) is 12.1. The van der Waals surface area contributed by atoms with Gasteiger partial charge in [-0.3, -0.25) is 4.79 Å². The van der Waals surface area contributed by atoms with E-state index < -0.39 is 6.09 Å². The second kappa shape index (κ2) is 12.1. The molecule has 1 saturated heterocycles. The Balaban J connectivity index is 1.80. The van der Waals surface area contributed by atoms with Crippen LogP contribution in [0.25, 0.3) is 0 Å². The van der Waals surface area contributed by atoms with Crippen LogP contribution in [0.2, 0.25) is 0 Å². The molecule has 3 rings (SSSR count). The van der Waals surface area contributed by atoms with Gasteiger partial charge in [0.2, 0.25) is 0 Å². The van der Waals surface area contributed by atoms with Crippen molar-refractivity contribution >= 4 is 12.0 Å². The van der Waals surface area contributed by atoms with E-state index >= 15 is 0 Å². The van der Waals surface area contributed by atoms with Gasteiger partial charge < -0.3 is 29.1 Å². The van der Waals surface area contributed by atoms with Gasteiger partial charge in [-0.25, -0.2) is 4.79 Å². The normalized spacial score (nSPS) is 19.0. The van der Waals surface area contributed by atoms with E-state index in [4.69, 9.17) is 14.2 Å². The van der Waals surface area contributed by atoms with Crippen LogP contribution in [-0.2, 0) is 4.74 Å². The lowest BCUT2D eigenvalue weighted by molar-refractivity contribution is 0.0449. The Morgan fingerprint density at radius 2 is 1.88 bits per heavy atom. The van der Waals surface area contributed by atoms with E-state index in [1.807, 2.05) is 24.8 Å².